The number of aromatic nitrogens is 2. The van der Waals surface area contributed by atoms with Crippen LogP contribution in [0.3, 0.4) is 0 Å². The van der Waals surface area contributed by atoms with Crippen molar-refractivity contribution < 1.29 is 9.59 Å². The molecule has 0 radical (unpaired) electrons. The molecule has 1 aromatic heterocycles. The van der Waals surface area contributed by atoms with E-state index >= 15 is 0 Å². The number of carbonyl (C=O) groups excluding carboxylic acids is 2. The van der Waals surface area contributed by atoms with Crippen LogP contribution in [0.2, 0.25) is 0 Å². The monoisotopic (exact) mass is 377 g/mol. The van der Waals surface area contributed by atoms with Gasteiger partial charge in [-0.1, -0.05) is 42.5 Å². The molecule has 0 aliphatic carbocycles. The maximum atomic E-state index is 12.8. The Hall–Kier alpha value is -3.15. The van der Waals surface area contributed by atoms with Gasteiger partial charge in [-0.3, -0.25) is 18.7 Å². The predicted molar refractivity (Wildman–Crippen MR) is 107 cm³/mol. The molecule has 1 saturated heterocycles. The number of likely N-dealkylation sites (tertiary alicyclic amines) is 1. The molecule has 28 heavy (non-hydrogen) atoms. The van der Waals surface area contributed by atoms with Crippen LogP contribution in [-0.4, -0.2) is 38.8 Å². The van der Waals surface area contributed by atoms with Gasteiger partial charge < -0.3 is 4.90 Å². The fourth-order valence-corrected chi connectivity index (χ4v) is 3.98. The molecular formula is C22H23N3O3. The number of fused-ring (bicyclic) bond motifs is 1. The van der Waals surface area contributed by atoms with Crippen LogP contribution in [0.4, 0.5) is 0 Å². The lowest BCUT2D eigenvalue weighted by Gasteiger charge is -2.31. The quantitative estimate of drug-likeness (QED) is 0.656. The van der Waals surface area contributed by atoms with E-state index in [1.165, 1.54) is 4.57 Å². The zero-order valence-electron chi connectivity index (χ0n) is 15.9. The van der Waals surface area contributed by atoms with Gasteiger partial charge in [0.15, 0.2) is 5.78 Å². The first-order chi connectivity index (χ1) is 13.6. The Kier molecular flexibility index (Phi) is 4.86. The standard InChI is InChI=1S/C22H23N3O3/c1-23-18-9-5-6-10-19(18)25(22(23)28)15-20(26)24-13-11-17(12-14-24)21(27)16-7-3-2-4-8-16/h2-10,17H,11-15H2,1H3. The van der Waals surface area contributed by atoms with Crippen LogP contribution in [0.1, 0.15) is 23.2 Å². The molecule has 2 aromatic carbocycles. The number of amides is 1. The second-order valence-electron chi connectivity index (χ2n) is 7.30. The van der Waals surface area contributed by atoms with E-state index < -0.39 is 0 Å². The third kappa shape index (κ3) is 3.26. The number of hydrogen-bond acceptors (Lipinski definition) is 3. The minimum atomic E-state index is -0.191. The lowest BCUT2D eigenvalue weighted by Crippen LogP contribution is -2.42. The Morgan fingerprint density at radius 2 is 1.54 bits per heavy atom. The van der Waals surface area contributed by atoms with Crippen molar-refractivity contribution in [3.05, 3.63) is 70.6 Å². The first-order valence-corrected chi connectivity index (χ1v) is 9.57. The SMILES string of the molecule is Cn1c(=O)n(CC(=O)N2CCC(C(=O)c3ccccc3)CC2)c2ccccc21. The van der Waals surface area contributed by atoms with E-state index in [1.807, 2.05) is 54.6 Å². The molecule has 0 N–H and O–H groups in total. The number of Topliss-reactive ketones (excluding diaryl/α,β-unsaturated/α-hetero) is 1. The van der Waals surface area contributed by atoms with Gasteiger partial charge in [0.05, 0.1) is 11.0 Å². The highest BCUT2D eigenvalue weighted by Crippen LogP contribution is 2.22. The molecule has 0 spiro atoms. The summed E-state index contributed by atoms with van der Waals surface area (Å²) in [6.07, 6.45) is 1.31. The summed E-state index contributed by atoms with van der Waals surface area (Å²) < 4.78 is 3.09. The molecule has 0 saturated carbocycles. The van der Waals surface area contributed by atoms with Crippen LogP contribution in [-0.2, 0) is 18.4 Å². The minimum absolute atomic E-state index is 0.0253. The Bertz CT molecular complexity index is 1070. The van der Waals surface area contributed by atoms with Crippen molar-refractivity contribution in [2.75, 3.05) is 13.1 Å². The number of imidazole rings is 1. The number of hydrogen-bond donors (Lipinski definition) is 0. The number of ketones is 1. The molecule has 144 valence electrons. The first kappa shape index (κ1) is 18.2. The van der Waals surface area contributed by atoms with Gasteiger partial charge in [-0.2, -0.15) is 0 Å². The molecule has 6 nitrogen and oxygen atoms in total. The Balaban J connectivity index is 1.43. The summed E-state index contributed by atoms with van der Waals surface area (Å²) in [5.74, 6) is 0.0220. The highest BCUT2D eigenvalue weighted by Gasteiger charge is 2.28. The summed E-state index contributed by atoms with van der Waals surface area (Å²) in [5, 5.41) is 0. The fourth-order valence-electron chi connectivity index (χ4n) is 3.98. The lowest BCUT2D eigenvalue weighted by molar-refractivity contribution is -0.133. The summed E-state index contributed by atoms with van der Waals surface area (Å²) in [5.41, 5.74) is 2.11. The Labute approximate surface area is 163 Å². The van der Waals surface area contributed by atoms with Gasteiger partial charge >= 0.3 is 5.69 Å². The molecule has 0 atom stereocenters. The van der Waals surface area contributed by atoms with Crippen LogP contribution in [0.5, 0.6) is 0 Å². The third-order valence-electron chi connectivity index (χ3n) is 5.62. The van der Waals surface area contributed by atoms with Crippen LogP contribution in [0.25, 0.3) is 11.0 Å². The van der Waals surface area contributed by atoms with Crippen molar-refractivity contribution in [1.29, 1.82) is 0 Å². The molecule has 0 unspecified atom stereocenters. The van der Waals surface area contributed by atoms with Crippen molar-refractivity contribution in [1.82, 2.24) is 14.0 Å². The van der Waals surface area contributed by atoms with Crippen LogP contribution >= 0.6 is 0 Å². The zero-order valence-corrected chi connectivity index (χ0v) is 15.9. The summed E-state index contributed by atoms with van der Waals surface area (Å²) in [4.78, 5) is 39.7. The average molecular weight is 377 g/mol. The van der Waals surface area contributed by atoms with E-state index in [1.54, 1.807) is 16.5 Å². The van der Waals surface area contributed by atoms with Gasteiger partial charge in [0.2, 0.25) is 5.91 Å². The van der Waals surface area contributed by atoms with E-state index in [0.717, 1.165) is 16.6 Å². The van der Waals surface area contributed by atoms with E-state index in [4.69, 9.17) is 0 Å². The van der Waals surface area contributed by atoms with Crippen LogP contribution in [0.15, 0.2) is 59.4 Å². The van der Waals surface area contributed by atoms with Gasteiger partial charge in [0.1, 0.15) is 6.54 Å². The van der Waals surface area contributed by atoms with E-state index in [9.17, 15) is 14.4 Å². The van der Waals surface area contributed by atoms with Gasteiger partial charge in [0.25, 0.3) is 0 Å². The predicted octanol–water partition coefficient (Wildman–Crippen LogP) is 2.46. The molecule has 3 aromatic rings. The van der Waals surface area contributed by atoms with Gasteiger partial charge in [-0.25, -0.2) is 4.79 Å². The fraction of sp³-hybridized carbons (Fsp3) is 0.318. The maximum Gasteiger partial charge on any atom is 0.329 e. The van der Waals surface area contributed by atoms with Gasteiger partial charge in [-0.15, -0.1) is 0 Å². The second-order valence-corrected chi connectivity index (χ2v) is 7.30. The van der Waals surface area contributed by atoms with E-state index in [0.29, 0.717) is 25.9 Å². The van der Waals surface area contributed by atoms with E-state index in [2.05, 4.69) is 0 Å². The number of carbonyl (C=O) groups is 2. The molecule has 1 fully saturated rings. The topological polar surface area (TPSA) is 64.3 Å². The number of benzene rings is 2. The average Bonchev–Trinajstić information content (AvgIpc) is 2.99. The highest BCUT2D eigenvalue weighted by molar-refractivity contribution is 5.98. The minimum Gasteiger partial charge on any atom is -0.341 e. The maximum absolute atomic E-state index is 12.8. The normalized spacial score (nSPS) is 15.1. The molecule has 6 heteroatoms. The zero-order chi connectivity index (χ0) is 19.7. The smallest absolute Gasteiger partial charge is 0.329 e. The first-order valence-electron chi connectivity index (χ1n) is 9.57. The third-order valence-corrected chi connectivity index (χ3v) is 5.62. The van der Waals surface area contributed by atoms with Gasteiger partial charge in [0, 0.05) is 31.6 Å². The number of para-hydroxylation sites is 2. The number of piperidine rings is 1. The largest absolute Gasteiger partial charge is 0.341 e. The molecule has 2 heterocycles. The van der Waals surface area contributed by atoms with Crippen molar-refractivity contribution in [2.45, 2.75) is 19.4 Å². The number of aryl methyl sites for hydroxylation is 1. The molecule has 1 amide bonds. The molecular weight excluding hydrogens is 354 g/mol. The summed E-state index contributed by atoms with van der Waals surface area (Å²) in [6, 6.07) is 16.8. The lowest BCUT2D eigenvalue weighted by atomic mass is 9.89. The number of nitrogens with zero attached hydrogens (tertiary/aromatic N) is 3. The molecule has 4 rings (SSSR count). The van der Waals surface area contributed by atoms with E-state index in [-0.39, 0.29) is 29.8 Å². The second kappa shape index (κ2) is 7.46. The van der Waals surface area contributed by atoms with Crippen molar-refractivity contribution in [2.24, 2.45) is 13.0 Å². The highest BCUT2D eigenvalue weighted by atomic mass is 16.2. The van der Waals surface area contributed by atoms with Crippen LogP contribution < -0.4 is 5.69 Å². The van der Waals surface area contributed by atoms with Crippen molar-refractivity contribution in [3.8, 4) is 0 Å². The Morgan fingerprint density at radius 1 is 0.929 bits per heavy atom. The summed E-state index contributed by atoms with van der Waals surface area (Å²) in [7, 11) is 1.71. The molecule has 0 bridgehead atoms. The summed E-state index contributed by atoms with van der Waals surface area (Å²) in [6.45, 7) is 1.11. The van der Waals surface area contributed by atoms with Crippen molar-refractivity contribution >= 4 is 22.7 Å². The van der Waals surface area contributed by atoms with Crippen molar-refractivity contribution in [3.63, 3.8) is 0 Å². The molecule has 1 aliphatic rings. The number of rotatable bonds is 4. The molecule has 1 aliphatic heterocycles. The summed E-state index contributed by atoms with van der Waals surface area (Å²) >= 11 is 0. The Morgan fingerprint density at radius 3 is 2.21 bits per heavy atom. The van der Waals surface area contributed by atoms with Gasteiger partial charge in [-0.05, 0) is 25.0 Å². The van der Waals surface area contributed by atoms with Crippen LogP contribution in [0, 0.1) is 5.92 Å².